The maximum absolute atomic E-state index is 10.8. The zero-order chi connectivity index (χ0) is 13.2. The third-order valence-corrected chi connectivity index (χ3v) is 1.89. The predicted octanol–water partition coefficient (Wildman–Crippen LogP) is -0.820. The molecule has 6 N–H and O–H groups in total. The van der Waals surface area contributed by atoms with Gasteiger partial charge in [0.25, 0.3) is 0 Å². The lowest BCUT2D eigenvalue weighted by atomic mass is 10.5. The molecule has 0 radical (unpaired) electrons. The molecule has 0 amide bonds. The second-order valence-corrected chi connectivity index (χ2v) is 4.55. The van der Waals surface area contributed by atoms with E-state index in [1.54, 1.807) is 0 Å². The minimum absolute atomic E-state index is 0.264. The van der Waals surface area contributed by atoms with Gasteiger partial charge in [-0.05, 0) is 22.6 Å². The molecule has 0 saturated heterocycles. The Hall–Kier alpha value is -1.25. The van der Waals surface area contributed by atoms with Crippen molar-refractivity contribution >= 4 is 50.0 Å². The van der Waals surface area contributed by atoms with Crippen molar-refractivity contribution in [2.45, 2.75) is 0 Å². The predicted molar refractivity (Wildman–Crippen MR) is 65.8 cm³/mol. The summed E-state index contributed by atoms with van der Waals surface area (Å²) in [7, 11) is -4.67. The zero-order valence-corrected chi connectivity index (χ0v) is 10.9. The number of anilines is 1. The van der Waals surface area contributed by atoms with Crippen LogP contribution in [0, 0.1) is 3.83 Å². The number of rotatable bonds is 0. The summed E-state index contributed by atoms with van der Waals surface area (Å²) in [6.07, 6.45) is 0. The summed E-state index contributed by atoms with van der Waals surface area (Å²) >= 11 is 1.98. The number of fused-ring (bicyclic) bond motifs is 1. The van der Waals surface area contributed by atoms with Crippen LogP contribution in [0.2, 0.25) is 0 Å². The average molecular weight is 375 g/mol. The average Bonchev–Trinajstić information content (AvgIpc) is 2.42. The Labute approximate surface area is 107 Å². The molecule has 0 atom stereocenters. The second kappa shape index (κ2) is 4.94. The summed E-state index contributed by atoms with van der Waals surface area (Å²) in [6.45, 7) is 0. The van der Waals surface area contributed by atoms with Crippen molar-refractivity contribution in [2.75, 3.05) is 5.73 Å². The number of aromatic amines is 2. The van der Waals surface area contributed by atoms with Crippen LogP contribution in [0.4, 0.5) is 5.82 Å². The molecule has 0 aliphatic rings. The summed E-state index contributed by atoms with van der Waals surface area (Å²) in [5.41, 5.74) is 5.93. The molecule has 0 aliphatic heterocycles. The molecule has 0 aliphatic carbocycles. The van der Waals surface area contributed by atoms with Crippen LogP contribution in [0.15, 0.2) is 4.79 Å². The molecule has 0 unspecified atom stereocenters. The van der Waals surface area contributed by atoms with Gasteiger partial charge in [-0.25, -0.2) is 9.78 Å². The van der Waals surface area contributed by atoms with Crippen molar-refractivity contribution in [2.24, 2.45) is 0 Å². The largest absolute Gasteiger partial charge is 0.394 e. The van der Waals surface area contributed by atoms with Gasteiger partial charge in [-0.15, -0.1) is 0 Å². The number of nitrogens with two attached hydrogens (primary N) is 1. The first-order chi connectivity index (χ1) is 7.66. The smallest absolute Gasteiger partial charge is 0.383 e. The van der Waals surface area contributed by atoms with Crippen LogP contribution in [0.5, 0.6) is 0 Å². The van der Waals surface area contributed by atoms with Crippen molar-refractivity contribution in [3.63, 3.8) is 0 Å². The van der Waals surface area contributed by atoms with E-state index < -0.39 is 16.1 Å². The van der Waals surface area contributed by atoms with Gasteiger partial charge < -0.3 is 10.7 Å². The number of nitrogen functional groups attached to an aromatic ring is 1. The molecule has 0 saturated carbocycles. The van der Waals surface area contributed by atoms with Gasteiger partial charge in [0.05, 0.1) is 0 Å². The van der Waals surface area contributed by atoms with E-state index in [4.69, 9.17) is 23.3 Å². The number of aromatic nitrogens is 4. The van der Waals surface area contributed by atoms with Crippen molar-refractivity contribution < 1.29 is 17.5 Å². The van der Waals surface area contributed by atoms with Crippen molar-refractivity contribution in [1.82, 2.24) is 19.9 Å². The highest BCUT2D eigenvalue weighted by Crippen LogP contribution is 2.12. The van der Waals surface area contributed by atoms with Crippen LogP contribution in [-0.2, 0) is 10.4 Å². The summed E-state index contributed by atoms with van der Waals surface area (Å²) in [5, 5.41) is 0. The summed E-state index contributed by atoms with van der Waals surface area (Å²) in [6, 6.07) is 0. The van der Waals surface area contributed by atoms with Crippen LogP contribution in [0.3, 0.4) is 0 Å². The van der Waals surface area contributed by atoms with Gasteiger partial charge in [-0.2, -0.15) is 13.4 Å². The fourth-order valence-corrected chi connectivity index (χ4v) is 1.40. The van der Waals surface area contributed by atoms with Crippen LogP contribution in [0.25, 0.3) is 11.2 Å². The molecule has 2 heterocycles. The molecule has 12 heteroatoms. The first-order valence-corrected chi connectivity index (χ1v) is 6.25. The molecule has 2 aromatic rings. The fourth-order valence-electron chi connectivity index (χ4n) is 0.906. The monoisotopic (exact) mass is 375 g/mol. The molecule has 0 fully saturated rings. The van der Waals surface area contributed by atoms with Gasteiger partial charge in [0, 0.05) is 0 Å². The lowest BCUT2D eigenvalue weighted by Gasteiger charge is -1.90. The Morgan fingerprint density at radius 3 is 2.29 bits per heavy atom. The quantitative estimate of drug-likeness (QED) is 0.225. The minimum atomic E-state index is -4.67. The third-order valence-electron chi connectivity index (χ3n) is 1.37. The maximum Gasteiger partial charge on any atom is 0.394 e. The van der Waals surface area contributed by atoms with E-state index in [9.17, 15) is 4.79 Å². The van der Waals surface area contributed by atoms with Gasteiger partial charge in [-0.3, -0.25) is 14.1 Å². The topological polar surface area (TPSA) is 175 Å². The highest BCUT2D eigenvalue weighted by atomic mass is 127. The second-order valence-electron chi connectivity index (χ2n) is 2.63. The third kappa shape index (κ3) is 4.63. The minimum Gasteiger partial charge on any atom is -0.383 e. The van der Waals surface area contributed by atoms with Crippen molar-refractivity contribution in [3.8, 4) is 0 Å². The van der Waals surface area contributed by atoms with E-state index in [-0.39, 0.29) is 5.82 Å². The van der Waals surface area contributed by atoms with Crippen LogP contribution < -0.4 is 11.4 Å². The number of halogens is 1. The van der Waals surface area contributed by atoms with Crippen molar-refractivity contribution in [1.29, 1.82) is 0 Å². The van der Waals surface area contributed by atoms with E-state index in [0.29, 0.717) is 15.0 Å². The molecule has 0 spiro atoms. The fraction of sp³-hybridized carbons (Fsp3) is 0. The van der Waals surface area contributed by atoms with E-state index in [0.717, 1.165) is 0 Å². The number of imidazole rings is 1. The van der Waals surface area contributed by atoms with Gasteiger partial charge in [0.2, 0.25) is 0 Å². The van der Waals surface area contributed by atoms with Gasteiger partial charge in [0.15, 0.2) is 9.48 Å². The van der Waals surface area contributed by atoms with E-state index in [2.05, 4.69) is 19.9 Å². The van der Waals surface area contributed by atoms with Crippen LogP contribution >= 0.6 is 22.6 Å². The summed E-state index contributed by atoms with van der Waals surface area (Å²) in [5.74, 6) is 0.264. The lowest BCUT2D eigenvalue weighted by molar-refractivity contribution is 0.381. The van der Waals surface area contributed by atoms with Gasteiger partial charge in [-0.1, -0.05) is 0 Å². The Kier molecular flexibility index (Phi) is 4.02. The first kappa shape index (κ1) is 13.8. The Balaban J connectivity index is 0.000000249. The van der Waals surface area contributed by atoms with E-state index in [1.807, 2.05) is 22.6 Å². The highest BCUT2D eigenvalue weighted by Gasteiger charge is 2.05. The maximum atomic E-state index is 10.8. The first-order valence-electron chi connectivity index (χ1n) is 3.77. The number of nitrogens with zero attached hydrogens (tertiary/aromatic N) is 2. The van der Waals surface area contributed by atoms with E-state index in [1.165, 1.54) is 0 Å². The van der Waals surface area contributed by atoms with Crippen LogP contribution in [0.1, 0.15) is 0 Å². The SMILES string of the molecule is Nc1[nH]c(=O)nc2nc(I)[nH]c12.O=S(=O)(O)O. The number of nitrogens with one attached hydrogen (secondary N) is 2. The normalized spacial score (nSPS) is 11.0. The van der Waals surface area contributed by atoms with Gasteiger partial charge >= 0.3 is 16.1 Å². The molecule has 0 bridgehead atoms. The van der Waals surface area contributed by atoms with Crippen LogP contribution in [-0.4, -0.2) is 37.5 Å². The molecular formula is C5H6IN5O5S. The summed E-state index contributed by atoms with van der Waals surface area (Å²) < 4.78 is 32.2. The Morgan fingerprint density at radius 1 is 1.24 bits per heavy atom. The van der Waals surface area contributed by atoms with Gasteiger partial charge in [0.1, 0.15) is 11.3 Å². The molecule has 94 valence electrons. The van der Waals surface area contributed by atoms with E-state index >= 15 is 0 Å². The number of hydrogen-bond donors (Lipinski definition) is 5. The lowest BCUT2D eigenvalue weighted by Crippen LogP contribution is -2.12. The molecular weight excluding hydrogens is 369 g/mol. The number of H-pyrrole nitrogens is 2. The standard InChI is InChI=1S/C5H4IN5O.H2O4S/c6-4-8-1-2(7)9-5(12)11-3(1)10-4;1-5(2,3)4/h(H4,7,8,9,10,11,12);(H2,1,2,3,4). The molecule has 17 heavy (non-hydrogen) atoms. The van der Waals surface area contributed by atoms with Crippen molar-refractivity contribution in [3.05, 3.63) is 14.3 Å². The zero-order valence-electron chi connectivity index (χ0n) is 7.88. The molecule has 10 nitrogen and oxygen atoms in total. The Morgan fingerprint density at radius 2 is 1.76 bits per heavy atom. The molecule has 2 aromatic heterocycles. The number of hydrogen-bond acceptors (Lipinski definition) is 6. The molecule has 0 aromatic carbocycles. The highest BCUT2D eigenvalue weighted by molar-refractivity contribution is 14.1. The molecule has 2 rings (SSSR count). The summed E-state index contributed by atoms with van der Waals surface area (Å²) in [4.78, 5) is 23.6. The Bertz CT molecular complexity index is 682.